The first kappa shape index (κ1) is 16.2. The highest BCUT2D eigenvalue weighted by Crippen LogP contribution is 2.34. The van der Waals surface area contributed by atoms with E-state index in [-0.39, 0.29) is 11.0 Å². The fourth-order valence-electron chi connectivity index (χ4n) is 2.80. The molecule has 0 saturated heterocycles. The van der Waals surface area contributed by atoms with Gasteiger partial charge in [0, 0.05) is 13.1 Å². The Bertz CT molecular complexity index is 787. The van der Waals surface area contributed by atoms with Crippen molar-refractivity contribution in [1.82, 2.24) is 4.57 Å². The van der Waals surface area contributed by atoms with Gasteiger partial charge in [-0.3, -0.25) is 4.79 Å². The number of pyridine rings is 1. The Morgan fingerprint density at radius 2 is 1.86 bits per heavy atom. The molecule has 22 heavy (non-hydrogen) atoms. The van der Waals surface area contributed by atoms with E-state index in [1.54, 1.807) is 31.3 Å². The summed E-state index contributed by atoms with van der Waals surface area (Å²) < 4.78 is 1.53. The van der Waals surface area contributed by atoms with Crippen molar-refractivity contribution in [2.75, 3.05) is 0 Å². The summed E-state index contributed by atoms with van der Waals surface area (Å²) in [5.41, 5.74) is 5.74. The van der Waals surface area contributed by atoms with Crippen molar-refractivity contribution in [3.8, 4) is 0 Å². The number of rotatable bonds is 3. The smallest absolute Gasteiger partial charge is 0.328 e. The lowest BCUT2D eigenvalue weighted by molar-refractivity contribution is -0.145. The van der Waals surface area contributed by atoms with Gasteiger partial charge in [0.2, 0.25) is 0 Å². The van der Waals surface area contributed by atoms with Gasteiger partial charge in [-0.05, 0) is 41.0 Å². The second-order valence-corrected chi connectivity index (χ2v) is 7.02. The average Bonchev–Trinajstić information content (AvgIpc) is 2.40. The molecule has 0 amide bonds. The van der Waals surface area contributed by atoms with Crippen molar-refractivity contribution in [3.63, 3.8) is 0 Å². The van der Waals surface area contributed by atoms with Crippen LogP contribution in [-0.2, 0) is 17.4 Å². The van der Waals surface area contributed by atoms with Gasteiger partial charge in [-0.15, -0.1) is 0 Å². The molecule has 1 aromatic heterocycles. The maximum absolute atomic E-state index is 11.8. The Morgan fingerprint density at radius 1 is 1.23 bits per heavy atom. The van der Waals surface area contributed by atoms with Gasteiger partial charge >= 0.3 is 5.97 Å². The van der Waals surface area contributed by atoms with E-state index < -0.39 is 11.5 Å². The van der Waals surface area contributed by atoms with E-state index in [1.165, 1.54) is 10.6 Å². The summed E-state index contributed by atoms with van der Waals surface area (Å²) in [6.07, 6.45) is 0.312. The van der Waals surface area contributed by atoms with Gasteiger partial charge in [-0.2, -0.15) is 0 Å². The quantitative estimate of drug-likeness (QED) is 0.910. The zero-order valence-electron chi connectivity index (χ0n) is 13.4. The molecule has 0 bridgehead atoms. The highest BCUT2D eigenvalue weighted by molar-refractivity contribution is 5.85. The lowest BCUT2D eigenvalue weighted by Crippen LogP contribution is -2.47. The molecule has 5 heteroatoms. The zero-order chi connectivity index (χ0) is 16.7. The predicted molar refractivity (Wildman–Crippen MR) is 86.8 cm³/mol. The molecule has 2 rings (SSSR count). The summed E-state index contributed by atoms with van der Waals surface area (Å²) in [6.45, 7) is 5.88. The monoisotopic (exact) mass is 302 g/mol. The van der Waals surface area contributed by atoms with Crippen LogP contribution in [-0.4, -0.2) is 15.6 Å². The summed E-state index contributed by atoms with van der Waals surface area (Å²) in [5.74, 6) is -1.05. The number of aliphatic carboxylic acids is 1. The maximum atomic E-state index is 11.8. The number of carboxylic acids is 1. The second kappa shape index (κ2) is 5.25. The summed E-state index contributed by atoms with van der Waals surface area (Å²) in [5, 5.41) is 10.4. The van der Waals surface area contributed by atoms with Crippen LogP contribution in [0.15, 0.2) is 35.1 Å². The highest BCUT2D eigenvalue weighted by atomic mass is 16.4. The Balaban J connectivity index is 2.63. The first-order valence-corrected chi connectivity index (χ1v) is 7.17. The van der Waals surface area contributed by atoms with E-state index in [2.05, 4.69) is 0 Å². The third-order valence-electron chi connectivity index (χ3n) is 3.83. The number of aryl methyl sites for hydroxylation is 1. The molecular weight excluding hydrogens is 280 g/mol. The Hall–Kier alpha value is -2.14. The minimum absolute atomic E-state index is 0.104. The molecule has 118 valence electrons. The van der Waals surface area contributed by atoms with Crippen LogP contribution in [0, 0.1) is 5.41 Å². The van der Waals surface area contributed by atoms with Crippen molar-refractivity contribution in [2.24, 2.45) is 18.2 Å². The summed E-state index contributed by atoms with van der Waals surface area (Å²) in [7, 11) is 1.69. The molecule has 0 fully saturated rings. The maximum Gasteiger partial charge on any atom is 0.328 e. The molecule has 1 heterocycles. The lowest BCUT2D eigenvalue weighted by Gasteiger charge is -2.32. The van der Waals surface area contributed by atoms with Crippen molar-refractivity contribution in [1.29, 1.82) is 0 Å². The van der Waals surface area contributed by atoms with Gasteiger partial charge < -0.3 is 15.4 Å². The number of hydrogen-bond acceptors (Lipinski definition) is 3. The van der Waals surface area contributed by atoms with Gasteiger partial charge in [-0.25, -0.2) is 4.79 Å². The predicted octanol–water partition coefficient (Wildman–Crippen LogP) is 2.21. The fraction of sp³-hybridized carbons (Fsp3) is 0.412. The molecule has 1 atom stereocenters. The molecular formula is C17H22N2O3. The van der Waals surface area contributed by atoms with Crippen LogP contribution < -0.4 is 11.3 Å². The zero-order valence-corrected chi connectivity index (χ0v) is 13.4. The SMILES string of the molecule is Cn1c(=O)ccc2cc(C(N)(CC(C)(C)C)C(=O)O)ccc21. The Labute approximate surface area is 129 Å². The van der Waals surface area contributed by atoms with Crippen molar-refractivity contribution in [3.05, 3.63) is 46.2 Å². The second-order valence-electron chi connectivity index (χ2n) is 7.02. The first-order chi connectivity index (χ1) is 10.0. The number of fused-ring (bicyclic) bond motifs is 1. The molecule has 2 aromatic rings. The molecule has 5 nitrogen and oxygen atoms in total. The molecule has 0 saturated carbocycles. The van der Waals surface area contributed by atoms with Crippen LogP contribution in [0.25, 0.3) is 10.9 Å². The fourth-order valence-corrected chi connectivity index (χ4v) is 2.80. The van der Waals surface area contributed by atoms with Gasteiger partial charge in [0.1, 0.15) is 5.54 Å². The van der Waals surface area contributed by atoms with Crippen LogP contribution in [0.4, 0.5) is 0 Å². The Morgan fingerprint density at radius 3 is 2.41 bits per heavy atom. The molecule has 0 spiro atoms. The standard InChI is InChI=1S/C17H22N2O3/c1-16(2,3)10-17(18,15(21)22)12-6-7-13-11(9-12)5-8-14(20)19(13)4/h5-9H,10,18H2,1-4H3,(H,21,22). The van der Waals surface area contributed by atoms with E-state index in [9.17, 15) is 14.7 Å². The molecule has 0 aliphatic rings. The highest BCUT2D eigenvalue weighted by Gasteiger charge is 2.39. The van der Waals surface area contributed by atoms with Crippen LogP contribution in [0.2, 0.25) is 0 Å². The average molecular weight is 302 g/mol. The first-order valence-electron chi connectivity index (χ1n) is 7.17. The van der Waals surface area contributed by atoms with E-state index in [0.717, 1.165) is 10.9 Å². The largest absolute Gasteiger partial charge is 0.480 e. The number of benzene rings is 1. The molecule has 3 N–H and O–H groups in total. The van der Waals surface area contributed by atoms with Crippen molar-refractivity contribution < 1.29 is 9.90 Å². The molecule has 1 unspecified atom stereocenters. The number of carbonyl (C=O) groups is 1. The van der Waals surface area contributed by atoms with Crippen molar-refractivity contribution >= 4 is 16.9 Å². The number of nitrogens with zero attached hydrogens (tertiary/aromatic N) is 1. The van der Waals surface area contributed by atoms with E-state index in [4.69, 9.17) is 5.73 Å². The summed E-state index contributed by atoms with van der Waals surface area (Å²) in [6, 6.07) is 8.37. The Kier molecular flexibility index (Phi) is 3.87. The minimum atomic E-state index is -1.46. The third-order valence-corrected chi connectivity index (χ3v) is 3.83. The third kappa shape index (κ3) is 2.90. The van der Waals surface area contributed by atoms with E-state index in [1.807, 2.05) is 20.8 Å². The molecule has 0 aliphatic heterocycles. The van der Waals surface area contributed by atoms with Crippen LogP contribution in [0.5, 0.6) is 0 Å². The topological polar surface area (TPSA) is 85.3 Å². The normalized spacial score (nSPS) is 14.8. The minimum Gasteiger partial charge on any atom is -0.480 e. The number of nitrogens with two attached hydrogens (primary N) is 1. The van der Waals surface area contributed by atoms with Crippen LogP contribution in [0.1, 0.15) is 32.8 Å². The number of hydrogen-bond donors (Lipinski definition) is 2. The number of carboxylic acid groups (broad SMARTS) is 1. The van der Waals surface area contributed by atoms with Gasteiger partial charge in [0.05, 0.1) is 5.52 Å². The number of aromatic nitrogens is 1. The van der Waals surface area contributed by atoms with Gasteiger partial charge in [0.25, 0.3) is 5.56 Å². The van der Waals surface area contributed by atoms with Gasteiger partial charge in [0.15, 0.2) is 0 Å². The summed E-state index contributed by atoms with van der Waals surface area (Å²) in [4.78, 5) is 23.4. The lowest BCUT2D eigenvalue weighted by atomic mass is 9.76. The summed E-state index contributed by atoms with van der Waals surface area (Å²) >= 11 is 0. The van der Waals surface area contributed by atoms with Crippen LogP contribution >= 0.6 is 0 Å². The van der Waals surface area contributed by atoms with Gasteiger partial charge in [-0.1, -0.05) is 26.8 Å². The van der Waals surface area contributed by atoms with E-state index >= 15 is 0 Å². The molecule has 0 aliphatic carbocycles. The van der Waals surface area contributed by atoms with Crippen LogP contribution in [0.3, 0.4) is 0 Å². The van der Waals surface area contributed by atoms with E-state index in [0.29, 0.717) is 12.0 Å². The molecule has 0 radical (unpaired) electrons. The van der Waals surface area contributed by atoms with Crippen molar-refractivity contribution in [2.45, 2.75) is 32.7 Å². The molecule has 1 aromatic carbocycles.